The third-order valence-electron chi connectivity index (χ3n) is 3.93. The molecule has 0 saturated carbocycles. The molecule has 1 aromatic rings. The summed E-state index contributed by atoms with van der Waals surface area (Å²) in [6, 6.07) is 0.638. The number of hydrogen-bond acceptors (Lipinski definition) is 3. The summed E-state index contributed by atoms with van der Waals surface area (Å²) in [5.74, 6) is 1.17. The maximum Gasteiger partial charge on any atom is 0.122 e. The van der Waals surface area contributed by atoms with Crippen molar-refractivity contribution < 1.29 is 0 Å². The van der Waals surface area contributed by atoms with Crippen LogP contribution in [0.4, 0.5) is 0 Å². The summed E-state index contributed by atoms with van der Waals surface area (Å²) < 4.78 is 2.24. The molecular weight excluding hydrogens is 224 g/mol. The Morgan fingerprint density at radius 1 is 1.39 bits per heavy atom. The fourth-order valence-electron chi connectivity index (χ4n) is 3.11. The van der Waals surface area contributed by atoms with E-state index in [9.17, 15) is 0 Å². The second kappa shape index (κ2) is 5.02. The lowest BCUT2D eigenvalue weighted by molar-refractivity contribution is 0.0524. The maximum absolute atomic E-state index is 6.36. The van der Waals surface area contributed by atoms with Crippen LogP contribution in [-0.2, 0) is 13.1 Å². The molecule has 4 nitrogen and oxygen atoms in total. The Kier molecular flexibility index (Phi) is 3.78. The van der Waals surface area contributed by atoms with Gasteiger partial charge < -0.3 is 10.3 Å². The molecule has 0 radical (unpaired) electrons. The summed E-state index contributed by atoms with van der Waals surface area (Å²) in [5.41, 5.74) is 6.56. The quantitative estimate of drug-likeness (QED) is 0.890. The van der Waals surface area contributed by atoms with E-state index >= 15 is 0 Å². The second-order valence-corrected chi connectivity index (χ2v) is 6.39. The molecule has 2 unspecified atom stereocenters. The van der Waals surface area contributed by atoms with Crippen LogP contribution >= 0.6 is 0 Å². The minimum Gasteiger partial charge on any atom is -0.333 e. The van der Waals surface area contributed by atoms with Gasteiger partial charge in [0.1, 0.15) is 5.82 Å². The number of rotatable bonds is 3. The molecule has 0 bridgehead atoms. The molecule has 0 amide bonds. The van der Waals surface area contributed by atoms with Crippen LogP contribution in [0.5, 0.6) is 0 Å². The highest BCUT2D eigenvalue weighted by molar-refractivity contribution is 5.00. The number of imidazole rings is 1. The van der Waals surface area contributed by atoms with Crippen LogP contribution in [0.1, 0.15) is 39.9 Å². The fourth-order valence-corrected chi connectivity index (χ4v) is 3.11. The van der Waals surface area contributed by atoms with Gasteiger partial charge in [0.15, 0.2) is 0 Å². The lowest BCUT2D eigenvalue weighted by Crippen LogP contribution is -2.56. The van der Waals surface area contributed by atoms with E-state index in [4.69, 9.17) is 5.73 Å². The summed E-state index contributed by atoms with van der Waals surface area (Å²) in [4.78, 5) is 6.95. The predicted octanol–water partition coefficient (Wildman–Crippen LogP) is 1.85. The van der Waals surface area contributed by atoms with E-state index < -0.39 is 0 Å². The predicted molar refractivity (Wildman–Crippen MR) is 74.1 cm³/mol. The zero-order valence-electron chi connectivity index (χ0n) is 12.1. The highest BCUT2D eigenvalue weighted by Gasteiger charge is 2.36. The van der Waals surface area contributed by atoms with Gasteiger partial charge in [0.25, 0.3) is 0 Å². The SMILES string of the molecule is CCC(N)C(N1CCn2ccnc2C1)C(C)(C)C. The van der Waals surface area contributed by atoms with E-state index in [1.54, 1.807) is 0 Å². The molecule has 2 heterocycles. The first-order valence-corrected chi connectivity index (χ1v) is 6.93. The van der Waals surface area contributed by atoms with Crippen LogP contribution in [0.3, 0.4) is 0 Å². The molecule has 4 heteroatoms. The van der Waals surface area contributed by atoms with Crippen LogP contribution in [0.2, 0.25) is 0 Å². The van der Waals surface area contributed by atoms with Gasteiger partial charge in [0, 0.05) is 37.6 Å². The monoisotopic (exact) mass is 250 g/mol. The van der Waals surface area contributed by atoms with Gasteiger partial charge in [-0.25, -0.2) is 4.98 Å². The Morgan fingerprint density at radius 3 is 2.72 bits per heavy atom. The number of nitrogens with two attached hydrogens (primary N) is 1. The van der Waals surface area contributed by atoms with Crippen LogP contribution in [0.15, 0.2) is 12.4 Å². The summed E-state index contributed by atoms with van der Waals surface area (Å²) >= 11 is 0. The average molecular weight is 250 g/mol. The first-order chi connectivity index (χ1) is 8.43. The van der Waals surface area contributed by atoms with E-state index in [1.165, 1.54) is 5.82 Å². The maximum atomic E-state index is 6.36. The Labute approximate surface area is 110 Å². The first-order valence-electron chi connectivity index (χ1n) is 6.93. The molecule has 18 heavy (non-hydrogen) atoms. The smallest absolute Gasteiger partial charge is 0.122 e. The average Bonchev–Trinajstić information content (AvgIpc) is 2.74. The molecule has 0 spiro atoms. The minimum atomic E-state index is 0.199. The molecule has 2 rings (SSSR count). The number of fused-ring (bicyclic) bond motifs is 1. The van der Waals surface area contributed by atoms with Crippen LogP contribution in [0.25, 0.3) is 0 Å². The number of aromatic nitrogens is 2. The topological polar surface area (TPSA) is 47.1 Å². The van der Waals surface area contributed by atoms with Gasteiger partial charge in [-0.2, -0.15) is 0 Å². The molecule has 0 aromatic carbocycles. The van der Waals surface area contributed by atoms with Gasteiger partial charge in [-0.3, -0.25) is 4.90 Å². The van der Waals surface area contributed by atoms with E-state index in [-0.39, 0.29) is 11.5 Å². The molecule has 1 aliphatic heterocycles. The van der Waals surface area contributed by atoms with Gasteiger partial charge in [0.2, 0.25) is 0 Å². The lowest BCUT2D eigenvalue weighted by Gasteiger charge is -2.45. The van der Waals surface area contributed by atoms with Crippen molar-refractivity contribution in [1.29, 1.82) is 0 Å². The fraction of sp³-hybridized carbons (Fsp3) is 0.786. The Hall–Kier alpha value is -0.870. The van der Waals surface area contributed by atoms with E-state index in [1.807, 2.05) is 6.20 Å². The minimum absolute atomic E-state index is 0.199. The van der Waals surface area contributed by atoms with Crippen molar-refractivity contribution in [3.63, 3.8) is 0 Å². The molecule has 102 valence electrons. The molecule has 0 aliphatic carbocycles. The standard InChI is InChI=1S/C14H26N4/c1-5-11(15)13(14(2,3)4)18-9-8-17-7-6-16-12(17)10-18/h6-7,11,13H,5,8-10,15H2,1-4H3. The van der Waals surface area contributed by atoms with Crippen molar-refractivity contribution in [3.8, 4) is 0 Å². The normalized spacial score (nSPS) is 20.5. The molecule has 1 aromatic heterocycles. The van der Waals surface area contributed by atoms with Gasteiger partial charge in [0.05, 0.1) is 6.54 Å². The van der Waals surface area contributed by atoms with E-state index in [2.05, 4.69) is 48.3 Å². The number of nitrogens with zero attached hydrogens (tertiary/aromatic N) is 3. The van der Waals surface area contributed by atoms with Crippen LogP contribution in [0, 0.1) is 5.41 Å². The number of hydrogen-bond donors (Lipinski definition) is 1. The zero-order valence-corrected chi connectivity index (χ0v) is 12.1. The van der Waals surface area contributed by atoms with E-state index in [0.29, 0.717) is 6.04 Å². The summed E-state index contributed by atoms with van der Waals surface area (Å²) in [6.07, 6.45) is 4.98. The largest absolute Gasteiger partial charge is 0.333 e. The van der Waals surface area contributed by atoms with Crippen LogP contribution < -0.4 is 5.73 Å². The van der Waals surface area contributed by atoms with Gasteiger partial charge in [-0.15, -0.1) is 0 Å². The Balaban J connectivity index is 2.18. The van der Waals surface area contributed by atoms with Crippen molar-refractivity contribution in [3.05, 3.63) is 18.2 Å². The highest BCUT2D eigenvalue weighted by atomic mass is 15.3. The zero-order chi connectivity index (χ0) is 13.3. The van der Waals surface area contributed by atoms with Crippen molar-refractivity contribution >= 4 is 0 Å². The van der Waals surface area contributed by atoms with Gasteiger partial charge in [-0.05, 0) is 11.8 Å². The molecule has 2 atom stereocenters. The highest BCUT2D eigenvalue weighted by Crippen LogP contribution is 2.29. The first kappa shape index (κ1) is 13.6. The molecule has 0 fully saturated rings. The van der Waals surface area contributed by atoms with Crippen LogP contribution in [-0.4, -0.2) is 33.1 Å². The summed E-state index contributed by atoms with van der Waals surface area (Å²) in [6.45, 7) is 12.0. The van der Waals surface area contributed by atoms with Crippen molar-refractivity contribution in [2.24, 2.45) is 11.1 Å². The molecule has 2 N–H and O–H groups in total. The summed E-state index contributed by atoms with van der Waals surface area (Å²) in [7, 11) is 0. The molecule has 1 aliphatic rings. The Bertz CT molecular complexity index is 391. The molecule has 0 saturated heterocycles. The van der Waals surface area contributed by atoms with Gasteiger partial charge >= 0.3 is 0 Å². The lowest BCUT2D eigenvalue weighted by atomic mass is 9.80. The third-order valence-corrected chi connectivity index (χ3v) is 3.93. The van der Waals surface area contributed by atoms with Crippen molar-refractivity contribution in [2.45, 2.75) is 59.3 Å². The van der Waals surface area contributed by atoms with Crippen molar-refractivity contribution in [2.75, 3.05) is 6.54 Å². The van der Waals surface area contributed by atoms with E-state index in [0.717, 1.165) is 26.1 Å². The van der Waals surface area contributed by atoms with Crippen molar-refractivity contribution in [1.82, 2.24) is 14.5 Å². The Morgan fingerprint density at radius 2 is 2.11 bits per heavy atom. The summed E-state index contributed by atoms with van der Waals surface area (Å²) in [5, 5.41) is 0. The second-order valence-electron chi connectivity index (χ2n) is 6.39. The molecular formula is C14H26N4. The van der Waals surface area contributed by atoms with Gasteiger partial charge in [-0.1, -0.05) is 27.7 Å². The third kappa shape index (κ3) is 2.59.